The molecule has 0 aliphatic rings. The molecule has 2 aromatic rings. The van der Waals surface area contributed by atoms with E-state index in [9.17, 15) is 0 Å². The second kappa shape index (κ2) is 6.38. The number of halogens is 1. The van der Waals surface area contributed by atoms with Crippen molar-refractivity contribution in [1.29, 1.82) is 0 Å². The first-order chi connectivity index (χ1) is 9.10. The predicted octanol–water partition coefficient (Wildman–Crippen LogP) is 5.74. The Balaban J connectivity index is 2.25. The number of benzene rings is 2. The molecule has 0 nitrogen and oxygen atoms in total. The van der Waals surface area contributed by atoms with E-state index >= 15 is 0 Å². The molecular weight excluding hydrogens is 296 g/mol. The van der Waals surface area contributed by atoms with Gasteiger partial charge in [-0.15, -0.1) is 0 Å². The lowest BCUT2D eigenvalue weighted by atomic mass is 9.99. The third-order valence-corrected chi connectivity index (χ3v) is 4.41. The van der Waals surface area contributed by atoms with Crippen LogP contribution in [0.1, 0.15) is 46.0 Å². The highest BCUT2D eigenvalue weighted by atomic mass is 79.9. The molecule has 2 rings (SSSR count). The van der Waals surface area contributed by atoms with Gasteiger partial charge in [-0.25, -0.2) is 0 Å². The summed E-state index contributed by atoms with van der Waals surface area (Å²) >= 11 is 3.83. The van der Waals surface area contributed by atoms with Crippen LogP contribution in [0.2, 0.25) is 0 Å². The second-order valence-electron chi connectivity index (χ2n) is 5.28. The molecule has 0 aliphatic carbocycles. The molecule has 1 unspecified atom stereocenters. The Labute approximate surface area is 125 Å². The average Bonchev–Trinajstić information content (AvgIpc) is 2.38. The molecule has 0 saturated heterocycles. The number of rotatable bonds is 4. The minimum Gasteiger partial charge on any atom is -0.0786 e. The van der Waals surface area contributed by atoms with Gasteiger partial charge >= 0.3 is 0 Å². The molecule has 0 spiro atoms. The van der Waals surface area contributed by atoms with Crippen molar-refractivity contribution < 1.29 is 0 Å². The van der Waals surface area contributed by atoms with Crippen LogP contribution in [0.3, 0.4) is 0 Å². The van der Waals surface area contributed by atoms with E-state index in [2.05, 4.69) is 79.2 Å². The van der Waals surface area contributed by atoms with E-state index in [1.165, 1.54) is 34.2 Å². The van der Waals surface area contributed by atoms with Crippen LogP contribution in [0.5, 0.6) is 0 Å². The molecular formula is C18H21Br. The third-order valence-electron chi connectivity index (χ3n) is 3.35. The van der Waals surface area contributed by atoms with Crippen LogP contribution < -0.4 is 0 Å². The van der Waals surface area contributed by atoms with Crippen molar-refractivity contribution in [2.75, 3.05) is 0 Å². The molecule has 0 radical (unpaired) electrons. The Hall–Kier alpha value is -1.08. The highest BCUT2D eigenvalue weighted by Gasteiger charge is 2.10. The van der Waals surface area contributed by atoms with Gasteiger partial charge < -0.3 is 0 Å². The summed E-state index contributed by atoms with van der Waals surface area (Å²) in [6, 6.07) is 15.7. The predicted molar refractivity (Wildman–Crippen MR) is 87.1 cm³/mol. The number of aryl methyl sites for hydroxylation is 3. The van der Waals surface area contributed by atoms with Gasteiger partial charge in [-0.3, -0.25) is 0 Å². The average molecular weight is 317 g/mol. The van der Waals surface area contributed by atoms with Gasteiger partial charge in [-0.1, -0.05) is 82.9 Å². The SMILES string of the molecule is CCCc1ccc(C(Br)c2cc(C)cc(C)c2)cc1. The van der Waals surface area contributed by atoms with Crippen molar-refractivity contribution in [3.63, 3.8) is 0 Å². The van der Waals surface area contributed by atoms with Crippen molar-refractivity contribution in [2.45, 2.75) is 38.4 Å². The van der Waals surface area contributed by atoms with Gasteiger partial charge in [0.1, 0.15) is 0 Å². The summed E-state index contributed by atoms with van der Waals surface area (Å²) in [7, 11) is 0. The molecule has 0 fully saturated rings. The third kappa shape index (κ3) is 3.70. The maximum absolute atomic E-state index is 3.83. The smallest absolute Gasteiger partial charge is 0.0644 e. The molecule has 1 atom stereocenters. The van der Waals surface area contributed by atoms with Crippen LogP contribution >= 0.6 is 15.9 Å². The zero-order valence-corrected chi connectivity index (χ0v) is 13.5. The van der Waals surface area contributed by atoms with Gasteiger partial charge in [-0.2, -0.15) is 0 Å². The lowest BCUT2D eigenvalue weighted by Gasteiger charge is -2.13. The van der Waals surface area contributed by atoms with E-state index in [-0.39, 0.29) is 4.83 Å². The van der Waals surface area contributed by atoms with Gasteiger partial charge in [0.25, 0.3) is 0 Å². The van der Waals surface area contributed by atoms with Crippen molar-refractivity contribution in [3.8, 4) is 0 Å². The summed E-state index contributed by atoms with van der Waals surface area (Å²) in [5.74, 6) is 0. The number of hydrogen-bond acceptors (Lipinski definition) is 0. The molecule has 100 valence electrons. The number of alkyl halides is 1. The standard InChI is InChI=1S/C18H21Br/c1-4-5-15-6-8-16(9-7-15)18(19)17-11-13(2)10-14(3)12-17/h6-12,18H,4-5H2,1-3H3. The largest absolute Gasteiger partial charge is 0.0786 e. The molecule has 0 aromatic heterocycles. The van der Waals surface area contributed by atoms with E-state index in [1.54, 1.807) is 0 Å². The van der Waals surface area contributed by atoms with Crippen molar-refractivity contribution in [3.05, 3.63) is 70.3 Å². The van der Waals surface area contributed by atoms with Crippen molar-refractivity contribution in [2.24, 2.45) is 0 Å². The monoisotopic (exact) mass is 316 g/mol. The van der Waals surface area contributed by atoms with E-state index < -0.39 is 0 Å². The molecule has 0 aliphatic heterocycles. The molecule has 0 N–H and O–H groups in total. The van der Waals surface area contributed by atoms with Gasteiger partial charge in [0.05, 0.1) is 4.83 Å². The first-order valence-electron chi connectivity index (χ1n) is 6.91. The summed E-state index contributed by atoms with van der Waals surface area (Å²) < 4.78 is 0. The molecule has 1 heteroatoms. The summed E-state index contributed by atoms with van der Waals surface area (Å²) in [4.78, 5) is 0.279. The zero-order chi connectivity index (χ0) is 13.8. The second-order valence-corrected chi connectivity index (χ2v) is 6.19. The fourth-order valence-corrected chi connectivity index (χ4v) is 3.06. The zero-order valence-electron chi connectivity index (χ0n) is 11.9. The highest BCUT2D eigenvalue weighted by Crippen LogP contribution is 2.32. The van der Waals surface area contributed by atoms with E-state index in [0.29, 0.717) is 0 Å². The quantitative estimate of drug-likeness (QED) is 0.631. The van der Waals surface area contributed by atoms with Crippen LogP contribution in [0.15, 0.2) is 42.5 Å². The van der Waals surface area contributed by atoms with Crippen LogP contribution in [-0.2, 0) is 6.42 Å². The van der Waals surface area contributed by atoms with E-state index in [4.69, 9.17) is 0 Å². The summed E-state index contributed by atoms with van der Waals surface area (Å²) in [6.45, 7) is 6.53. The lowest BCUT2D eigenvalue weighted by molar-refractivity contribution is 0.920. The van der Waals surface area contributed by atoms with E-state index in [0.717, 1.165) is 6.42 Å². The molecule has 0 saturated carbocycles. The molecule has 0 bridgehead atoms. The molecule has 2 aromatic carbocycles. The van der Waals surface area contributed by atoms with Gasteiger partial charge in [-0.05, 0) is 37.0 Å². The summed E-state index contributed by atoms with van der Waals surface area (Å²) in [6.07, 6.45) is 2.37. The van der Waals surface area contributed by atoms with Crippen LogP contribution in [0.25, 0.3) is 0 Å². The van der Waals surface area contributed by atoms with Crippen molar-refractivity contribution >= 4 is 15.9 Å². The maximum atomic E-state index is 3.83. The Morgan fingerprint density at radius 3 is 2.00 bits per heavy atom. The fraction of sp³-hybridized carbons (Fsp3) is 0.333. The van der Waals surface area contributed by atoms with Crippen molar-refractivity contribution in [1.82, 2.24) is 0 Å². The van der Waals surface area contributed by atoms with Crippen LogP contribution in [-0.4, -0.2) is 0 Å². The van der Waals surface area contributed by atoms with Gasteiger partial charge in [0.2, 0.25) is 0 Å². The Morgan fingerprint density at radius 1 is 0.895 bits per heavy atom. The Morgan fingerprint density at radius 2 is 1.47 bits per heavy atom. The topological polar surface area (TPSA) is 0 Å². The molecule has 19 heavy (non-hydrogen) atoms. The Bertz CT molecular complexity index is 520. The lowest BCUT2D eigenvalue weighted by Crippen LogP contribution is -1.95. The normalized spacial score (nSPS) is 12.4. The first-order valence-corrected chi connectivity index (χ1v) is 7.83. The molecule has 0 heterocycles. The highest BCUT2D eigenvalue weighted by molar-refractivity contribution is 9.09. The minimum atomic E-state index is 0.279. The van der Waals surface area contributed by atoms with Crippen LogP contribution in [0, 0.1) is 13.8 Å². The molecule has 0 amide bonds. The summed E-state index contributed by atoms with van der Waals surface area (Å²) in [5.41, 5.74) is 6.72. The fourth-order valence-electron chi connectivity index (χ4n) is 2.49. The maximum Gasteiger partial charge on any atom is 0.0644 e. The Kier molecular flexibility index (Phi) is 4.81. The van der Waals surface area contributed by atoms with Gasteiger partial charge in [0, 0.05) is 0 Å². The number of hydrogen-bond donors (Lipinski definition) is 0. The summed E-state index contributed by atoms with van der Waals surface area (Å²) in [5, 5.41) is 0. The van der Waals surface area contributed by atoms with Gasteiger partial charge in [0.15, 0.2) is 0 Å². The minimum absolute atomic E-state index is 0.279. The van der Waals surface area contributed by atoms with Crippen LogP contribution in [0.4, 0.5) is 0 Å². The van der Waals surface area contributed by atoms with E-state index in [1.807, 2.05) is 0 Å². The first kappa shape index (κ1) is 14.3.